The minimum Gasteiger partial charge on any atom is -0.432 e. The van der Waals surface area contributed by atoms with Crippen LogP contribution in [0.3, 0.4) is 0 Å². The number of anilines is 1. The molecule has 0 fully saturated rings. The quantitative estimate of drug-likeness (QED) is 0.452. The minimum absolute atomic E-state index is 0.116. The van der Waals surface area contributed by atoms with Gasteiger partial charge in [0.15, 0.2) is 17.2 Å². The van der Waals surface area contributed by atoms with Crippen LogP contribution >= 0.6 is 22.9 Å². The van der Waals surface area contributed by atoms with Crippen LogP contribution in [-0.2, 0) is 0 Å². The molecule has 8 heteroatoms. The van der Waals surface area contributed by atoms with E-state index in [9.17, 15) is 13.6 Å². The highest BCUT2D eigenvalue weighted by Crippen LogP contribution is 2.32. The number of fused-ring (bicyclic) bond motifs is 1. The fourth-order valence-corrected chi connectivity index (χ4v) is 3.54. The van der Waals surface area contributed by atoms with Crippen molar-refractivity contribution in [3.05, 3.63) is 69.9 Å². The van der Waals surface area contributed by atoms with Gasteiger partial charge in [-0.2, -0.15) is 0 Å². The monoisotopic (exact) mass is 404 g/mol. The summed E-state index contributed by atoms with van der Waals surface area (Å²) in [6.45, 7) is 1.50. The summed E-state index contributed by atoms with van der Waals surface area (Å²) >= 11 is 7.08. The zero-order valence-corrected chi connectivity index (χ0v) is 15.4. The molecule has 1 amide bonds. The Labute approximate surface area is 161 Å². The van der Waals surface area contributed by atoms with Crippen molar-refractivity contribution >= 4 is 44.9 Å². The normalized spacial score (nSPS) is 11.1. The topological polar surface area (TPSA) is 55.1 Å². The summed E-state index contributed by atoms with van der Waals surface area (Å²) in [7, 11) is 0. The molecule has 2 aromatic carbocycles. The third-order valence-corrected chi connectivity index (χ3v) is 5.05. The Bertz CT molecular complexity index is 1190. The van der Waals surface area contributed by atoms with Gasteiger partial charge in [-0.3, -0.25) is 4.79 Å². The van der Waals surface area contributed by atoms with Crippen LogP contribution in [0.4, 0.5) is 13.8 Å². The fourth-order valence-electron chi connectivity index (χ4n) is 2.58. The summed E-state index contributed by atoms with van der Waals surface area (Å²) in [6.07, 6.45) is 0. The molecular formula is C19H11ClF2N2O2S. The van der Waals surface area contributed by atoms with Gasteiger partial charge in [0.1, 0.15) is 5.52 Å². The number of carbonyl (C=O) groups excluding carboxylic acids is 1. The molecular weight excluding hydrogens is 394 g/mol. The van der Waals surface area contributed by atoms with Crippen LogP contribution < -0.4 is 5.32 Å². The zero-order chi connectivity index (χ0) is 19.1. The van der Waals surface area contributed by atoms with Crippen LogP contribution in [0, 0.1) is 18.6 Å². The average molecular weight is 405 g/mol. The molecule has 0 saturated carbocycles. The molecule has 1 N–H and O–H groups in total. The van der Waals surface area contributed by atoms with Crippen molar-refractivity contribution in [2.45, 2.75) is 6.92 Å². The second kappa shape index (κ2) is 6.75. The second-order valence-corrected chi connectivity index (χ2v) is 7.19. The maximum absolute atomic E-state index is 14.1. The van der Waals surface area contributed by atoms with Gasteiger partial charge < -0.3 is 9.73 Å². The van der Waals surface area contributed by atoms with Crippen molar-refractivity contribution in [2.24, 2.45) is 0 Å². The Morgan fingerprint density at radius 2 is 2.00 bits per heavy atom. The number of benzene rings is 2. The van der Waals surface area contributed by atoms with Crippen LogP contribution in [0.25, 0.3) is 22.2 Å². The third-order valence-electron chi connectivity index (χ3n) is 3.97. The number of thiophene rings is 1. The maximum atomic E-state index is 14.1. The van der Waals surface area contributed by atoms with Crippen LogP contribution in [0.5, 0.6) is 0 Å². The number of hydrogen-bond acceptors (Lipinski definition) is 4. The first kappa shape index (κ1) is 17.6. The summed E-state index contributed by atoms with van der Waals surface area (Å²) in [5.74, 6) is -2.46. The van der Waals surface area contributed by atoms with Gasteiger partial charge in [-0.25, -0.2) is 13.8 Å². The summed E-state index contributed by atoms with van der Waals surface area (Å²) in [4.78, 5) is 16.5. The molecule has 2 heterocycles. The number of oxazole rings is 1. The van der Waals surface area contributed by atoms with Crippen molar-refractivity contribution in [3.63, 3.8) is 0 Å². The number of nitrogens with one attached hydrogen (secondary N) is 1. The van der Waals surface area contributed by atoms with E-state index in [0.717, 1.165) is 0 Å². The molecule has 0 aliphatic rings. The van der Waals surface area contributed by atoms with E-state index in [2.05, 4.69) is 10.3 Å². The van der Waals surface area contributed by atoms with E-state index in [1.807, 2.05) is 0 Å². The van der Waals surface area contributed by atoms with Crippen molar-refractivity contribution in [3.8, 4) is 11.1 Å². The first-order chi connectivity index (χ1) is 12.9. The number of carbonyl (C=O) groups is 1. The van der Waals surface area contributed by atoms with Gasteiger partial charge in [0.25, 0.3) is 5.89 Å². The third kappa shape index (κ3) is 3.31. The summed E-state index contributed by atoms with van der Waals surface area (Å²) in [6, 6.07) is 9.43. The van der Waals surface area contributed by atoms with Crippen LogP contribution in [0.1, 0.15) is 16.2 Å². The van der Waals surface area contributed by atoms with Crippen molar-refractivity contribution in [1.82, 2.24) is 4.98 Å². The first-order valence-corrected chi connectivity index (χ1v) is 9.09. The number of halogens is 3. The van der Waals surface area contributed by atoms with Crippen LogP contribution in [0.2, 0.25) is 5.02 Å². The Morgan fingerprint density at radius 1 is 1.19 bits per heavy atom. The molecule has 2 aromatic heterocycles. The standard InChI is InChI=1S/C19H11ClF2N2O2S/c1-9-2-4-12(17(22)16(9)21)10-6-15(27-8-10)24-18(25)19-23-13-7-11(20)3-5-14(13)26-19/h2-8H,1H3,(H,24,25). The molecule has 136 valence electrons. The van der Waals surface area contributed by atoms with Crippen LogP contribution in [0.15, 0.2) is 46.2 Å². The maximum Gasteiger partial charge on any atom is 0.312 e. The summed E-state index contributed by atoms with van der Waals surface area (Å²) < 4.78 is 33.3. The fraction of sp³-hybridized carbons (Fsp3) is 0.0526. The van der Waals surface area contributed by atoms with E-state index in [1.165, 1.54) is 30.4 Å². The highest BCUT2D eigenvalue weighted by Gasteiger charge is 2.18. The molecule has 4 aromatic rings. The zero-order valence-electron chi connectivity index (χ0n) is 13.8. The lowest BCUT2D eigenvalue weighted by molar-refractivity contribution is 0.0992. The molecule has 27 heavy (non-hydrogen) atoms. The van der Waals surface area contributed by atoms with Crippen molar-refractivity contribution in [1.29, 1.82) is 0 Å². The Hall–Kier alpha value is -2.77. The van der Waals surface area contributed by atoms with E-state index in [0.29, 0.717) is 26.7 Å². The van der Waals surface area contributed by atoms with Gasteiger partial charge in [0.2, 0.25) is 0 Å². The lowest BCUT2D eigenvalue weighted by atomic mass is 10.1. The molecule has 0 unspecified atom stereocenters. The predicted octanol–water partition coefficient (Wildman–Crippen LogP) is 6.05. The number of amides is 1. The van der Waals surface area contributed by atoms with Gasteiger partial charge in [-0.1, -0.05) is 23.7 Å². The van der Waals surface area contributed by atoms with Crippen molar-refractivity contribution < 1.29 is 18.0 Å². The molecule has 0 aliphatic carbocycles. The van der Waals surface area contributed by atoms with E-state index >= 15 is 0 Å². The predicted molar refractivity (Wildman–Crippen MR) is 101 cm³/mol. The van der Waals surface area contributed by atoms with E-state index < -0.39 is 17.5 Å². The van der Waals surface area contributed by atoms with Gasteiger partial charge in [-0.05, 0) is 42.3 Å². The largest absolute Gasteiger partial charge is 0.432 e. The van der Waals surface area contributed by atoms with Crippen LogP contribution in [-0.4, -0.2) is 10.9 Å². The molecule has 0 bridgehead atoms. The first-order valence-electron chi connectivity index (χ1n) is 7.83. The number of rotatable bonds is 3. The summed E-state index contributed by atoms with van der Waals surface area (Å²) in [5.41, 5.74) is 1.74. The van der Waals surface area contributed by atoms with E-state index in [4.69, 9.17) is 16.0 Å². The molecule has 0 radical (unpaired) electrons. The Morgan fingerprint density at radius 3 is 2.81 bits per heavy atom. The Balaban J connectivity index is 1.58. The van der Waals surface area contributed by atoms with E-state index in [1.54, 1.807) is 29.6 Å². The molecule has 0 aliphatic heterocycles. The molecule has 4 nitrogen and oxygen atoms in total. The SMILES string of the molecule is Cc1ccc(-c2csc(NC(=O)c3nc4cc(Cl)ccc4o3)c2)c(F)c1F. The summed E-state index contributed by atoms with van der Waals surface area (Å²) in [5, 5.41) is 5.22. The lowest BCUT2D eigenvalue weighted by Crippen LogP contribution is -2.11. The van der Waals surface area contributed by atoms with Gasteiger partial charge in [0, 0.05) is 16.0 Å². The van der Waals surface area contributed by atoms with E-state index in [-0.39, 0.29) is 17.0 Å². The van der Waals surface area contributed by atoms with Gasteiger partial charge in [0.05, 0.1) is 5.00 Å². The highest BCUT2D eigenvalue weighted by atomic mass is 35.5. The molecule has 0 saturated heterocycles. The molecule has 0 atom stereocenters. The number of nitrogens with zero attached hydrogens (tertiary/aromatic N) is 1. The van der Waals surface area contributed by atoms with Gasteiger partial charge in [-0.15, -0.1) is 11.3 Å². The Kier molecular flexibility index (Phi) is 4.41. The lowest BCUT2D eigenvalue weighted by Gasteiger charge is -2.04. The number of hydrogen-bond donors (Lipinski definition) is 1. The molecule has 0 spiro atoms. The highest BCUT2D eigenvalue weighted by molar-refractivity contribution is 7.14. The molecule has 4 rings (SSSR count). The number of aromatic nitrogens is 1. The minimum atomic E-state index is -0.915. The van der Waals surface area contributed by atoms with Crippen molar-refractivity contribution in [2.75, 3.05) is 5.32 Å². The smallest absolute Gasteiger partial charge is 0.312 e. The second-order valence-electron chi connectivity index (χ2n) is 5.84. The van der Waals surface area contributed by atoms with Gasteiger partial charge >= 0.3 is 5.91 Å². The number of aryl methyl sites for hydroxylation is 1. The average Bonchev–Trinajstić information content (AvgIpc) is 3.26.